The van der Waals surface area contributed by atoms with E-state index in [4.69, 9.17) is 9.72 Å². The average Bonchev–Trinajstić information content (AvgIpc) is 3.42. The fourth-order valence-corrected chi connectivity index (χ4v) is 5.61. The summed E-state index contributed by atoms with van der Waals surface area (Å²) in [6.07, 6.45) is 11.4. The van der Waals surface area contributed by atoms with Crippen LogP contribution in [-0.2, 0) is 24.0 Å². The summed E-state index contributed by atoms with van der Waals surface area (Å²) in [5.41, 5.74) is 5.40. The molecule has 5 nitrogen and oxygen atoms in total. The molecule has 27 heavy (non-hydrogen) atoms. The molecule has 0 radical (unpaired) electrons. The second-order valence-corrected chi connectivity index (χ2v) is 8.67. The second-order valence-electron chi connectivity index (χ2n) is 7.67. The maximum Gasteiger partial charge on any atom is 0.147 e. The van der Waals surface area contributed by atoms with Crippen molar-refractivity contribution in [1.29, 1.82) is 0 Å². The molecule has 0 aromatic carbocycles. The first kappa shape index (κ1) is 17.3. The second kappa shape index (κ2) is 7.32. The van der Waals surface area contributed by atoms with Crippen LogP contribution in [-0.4, -0.2) is 34.2 Å². The fraction of sp³-hybridized carbons (Fsp3) is 0.571. The Kier molecular flexibility index (Phi) is 4.70. The summed E-state index contributed by atoms with van der Waals surface area (Å²) in [4.78, 5) is 15.4. The van der Waals surface area contributed by atoms with Crippen molar-refractivity contribution in [2.75, 3.05) is 18.5 Å². The molecule has 1 N–H and O–H groups in total. The monoisotopic (exact) mass is 382 g/mol. The van der Waals surface area contributed by atoms with Crippen LogP contribution in [0.3, 0.4) is 0 Å². The molecule has 3 aromatic heterocycles. The van der Waals surface area contributed by atoms with Crippen LogP contribution in [0, 0.1) is 0 Å². The van der Waals surface area contributed by atoms with Gasteiger partial charge in [-0.25, -0.2) is 15.0 Å². The van der Waals surface area contributed by atoms with Crippen molar-refractivity contribution < 1.29 is 4.74 Å². The van der Waals surface area contributed by atoms with Gasteiger partial charge < -0.3 is 10.1 Å². The third-order valence-corrected chi connectivity index (χ3v) is 6.93. The minimum atomic E-state index is 0.299. The molecular formula is C21H26N4OS. The summed E-state index contributed by atoms with van der Waals surface area (Å²) in [5, 5.41) is 4.80. The van der Waals surface area contributed by atoms with Gasteiger partial charge in [-0.15, -0.1) is 11.3 Å². The van der Waals surface area contributed by atoms with Gasteiger partial charge in [-0.2, -0.15) is 0 Å². The number of aromatic nitrogens is 3. The van der Waals surface area contributed by atoms with Crippen LogP contribution < -0.4 is 5.32 Å². The van der Waals surface area contributed by atoms with E-state index in [-0.39, 0.29) is 0 Å². The van der Waals surface area contributed by atoms with Crippen LogP contribution in [0.2, 0.25) is 0 Å². The number of ether oxygens (including phenoxy) is 1. The summed E-state index contributed by atoms with van der Waals surface area (Å²) in [6.45, 7) is 3.94. The normalized spacial score (nSPS) is 19.2. The van der Waals surface area contributed by atoms with E-state index in [1.807, 2.05) is 0 Å². The van der Waals surface area contributed by atoms with Crippen molar-refractivity contribution in [2.45, 2.75) is 64.4 Å². The fourth-order valence-electron chi connectivity index (χ4n) is 4.47. The van der Waals surface area contributed by atoms with Gasteiger partial charge in [0.1, 0.15) is 17.0 Å². The SMILES string of the molecule is CCCCc1nc2sc3c(NCC4CCCO4)ncnc3c2c2c1CCC2. The average molecular weight is 383 g/mol. The highest BCUT2D eigenvalue weighted by molar-refractivity contribution is 7.26. The van der Waals surface area contributed by atoms with Gasteiger partial charge in [0.2, 0.25) is 0 Å². The first-order valence-electron chi connectivity index (χ1n) is 10.3. The predicted molar refractivity (Wildman–Crippen MR) is 111 cm³/mol. The number of aryl methyl sites for hydroxylation is 2. The van der Waals surface area contributed by atoms with E-state index in [1.54, 1.807) is 17.7 Å². The molecule has 1 atom stereocenters. The Hall–Kier alpha value is -1.79. The van der Waals surface area contributed by atoms with Gasteiger partial charge in [-0.3, -0.25) is 0 Å². The Balaban J connectivity index is 1.58. The number of thiophene rings is 1. The lowest BCUT2D eigenvalue weighted by molar-refractivity contribution is 0.120. The Morgan fingerprint density at radius 2 is 2.15 bits per heavy atom. The molecule has 1 fully saturated rings. The van der Waals surface area contributed by atoms with Gasteiger partial charge in [-0.1, -0.05) is 13.3 Å². The van der Waals surface area contributed by atoms with E-state index < -0.39 is 0 Å². The Bertz CT molecular complexity index is 977. The van der Waals surface area contributed by atoms with E-state index in [2.05, 4.69) is 22.2 Å². The maximum atomic E-state index is 5.74. The maximum absolute atomic E-state index is 5.74. The van der Waals surface area contributed by atoms with Crippen LogP contribution in [0.1, 0.15) is 55.8 Å². The Labute approximate surface area is 163 Å². The highest BCUT2D eigenvalue weighted by Gasteiger charge is 2.24. The molecule has 1 unspecified atom stereocenters. The minimum absolute atomic E-state index is 0.299. The third-order valence-electron chi connectivity index (χ3n) is 5.85. The molecule has 0 amide bonds. The smallest absolute Gasteiger partial charge is 0.147 e. The molecule has 3 aromatic rings. The molecule has 0 bridgehead atoms. The number of hydrogen-bond acceptors (Lipinski definition) is 6. The Morgan fingerprint density at radius 1 is 1.22 bits per heavy atom. The van der Waals surface area contributed by atoms with Crippen LogP contribution >= 0.6 is 11.3 Å². The molecule has 5 rings (SSSR count). The quantitative estimate of drug-likeness (QED) is 0.672. The van der Waals surface area contributed by atoms with Gasteiger partial charge in [0, 0.05) is 24.2 Å². The number of pyridine rings is 1. The Morgan fingerprint density at radius 3 is 3.00 bits per heavy atom. The van der Waals surface area contributed by atoms with Crippen molar-refractivity contribution in [2.24, 2.45) is 0 Å². The zero-order valence-corrected chi connectivity index (χ0v) is 16.7. The number of unbranched alkanes of at least 4 members (excludes halogenated alkanes) is 1. The molecule has 4 heterocycles. The molecule has 2 aliphatic rings. The summed E-state index contributed by atoms with van der Waals surface area (Å²) < 4.78 is 6.88. The molecule has 1 aliphatic heterocycles. The van der Waals surface area contributed by atoms with Crippen molar-refractivity contribution in [3.05, 3.63) is 23.1 Å². The molecule has 1 saturated heterocycles. The zero-order chi connectivity index (χ0) is 18.2. The molecule has 1 aliphatic carbocycles. The highest BCUT2D eigenvalue weighted by Crippen LogP contribution is 2.41. The van der Waals surface area contributed by atoms with Gasteiger partial charge in [-0.05, 0) is 56.1 Å². The summed E-state index contributed by atoms with van der Waals surface area (Å²) in [6, 6.07) is 0. The summed E-state index contributed by atoms with van der Waals surface area (Å²) in [5.74, 6) is 0.931. The summed E-state index contributed by atoms with van der Waals surface area (Å²) in [7, 11) is 0. The lowest BCUT2D eigenvalue weighted by Gasteiger charge is -2.11. The van der Waals surface area contributed by atoms with Crippen molar-refractivity contribution >= 4 is 37.6 Å². The standard InChI is InChI=1S/C21H26N4OS/c1-2-3-9-16-14-7-4-8-15(14)17-18-19(27-21(17)25-16)20(24-12-23-18)22-11-13-6-5-10-26-13/h12-13H,2-11H2,1H3,(H,22,23,24). The van der Waals surface area contributed by atoms with Crippen molar-refractivity contribution in [1.82, 2.24) is 15.0 Å². The van der Waals surface area contributed by atoms with Gasteiger partial charge in [0.05, 0.1) is 16.3 Å². The summed E-state index contributed by atoms with van der Waals surface area (Å²) >= 11 is 1.74. The van der Waals surface area contributed by atoms with Crippen LogP contribution in [0.15, 0.2) is 6.33 Å². The van der Waals surface area contributed by atoms with Crippen molar-refractivity contribution in [3.63, 3.8) is 0 Å². The number of rotatable bonds is 6. The van der Waals surface area contributed by atoms with E-state index >= 15 is 0 Å². The van der Waals surface area contributed by atoms with Gasteiger partial charge in [0.25, 0.3) is 0 Å². The topological polar surface area (TPSA) is 59.9 Å². The molecule has 6 heteroatoms. The lowest BCUT2D eigenvalue weighted by atomic mass is 10.0. The van der Waals surface area contributed by atoms with Crippen LogP contribution in [0.4, 0.5) is 5.82 Å². The first-order valence-corrected chi connectivity index (χ1v) is 11.1. The number of anilines is 1. The number of hydrogen-bond donors (Lipinski definition) is 1. The number of nitrogens with one attached hydrogen (secondary N) is 1. The molecule has 142 valence electrons. The third kappa shape index (κ3) is 3.09. The van der Waals surface area contributed by atoms with E-state index in [0.717, 1.165) is 59.7 Å². The first-order chi connectivity index (χ1) is 13.3. The largest absolute Gasteiger partial charge is 0.376 e. The van der Waals surface area contributed by atoms with Crippen LogP contribution in [0.25, 0.3) is 20.4 Å². The predicted octanol–water partition coefficient (Wildman–Crippen LogP) is 4.66. The van der Waals surface area contributed by atoms with Crippen molar-refractivity contribution in [3.8, 4) is 0 Å². The van der Waals surface area contributed by atoms with Gasteiger partial charge in [0.15, 0.2) is 0 Å². The van der Waals surface area contributed by atoms with Crippen LogP contribution in [0.5, 0.6) is 0 Å². The zero-order valence-electron chi connectivity index (χ0n) is 15.9. The van der Waals surface area contributed by atoms with E-state index in [0.29, 0.717) is 6.10 Å². The lowest BCUT2D eigenvalue weighted by Crippen LogP contribution is -2.18. The number of fused-ring (bicyclic) bond motifs is 5. The molecule has 0 spiro atoms. The minimum Gasteiger partial charge on any atom is -0.376 e. The highest BCUT2D eigenvalue weighted by atomic mass is 32.1. The molecular weight excluding hydrogens is 356 g/mol. The van der Waals surface area contributed by atoms with E-state index in [9.17, 15) is 0 Å². The number of nitrogens with zero attached hydrogens (tertiary/aromatic N) is 3. The van der Waals surface area contributed by atoms with Gasteiger partial charge >= 0.3 is 0 Å². The van der Waals surface area contributed by atoms with E-state index in [1.165, 1.54) is 47.9 Å². The molecule has 0 saturated carbocycles.